The van der Waals surface area contributed by atoms with Crippen LogP contribution in [0, 0.1) is 46.3 Å². The van der Waals surface area contributed by atoms with E-state index < -0.39 is 12.0 Å². The number of para-hydroxylation sites is 1. The number of carbonyl (C=O) groups is 3. The van der Waals surface area contributed by atoms with Crippen LogP contribution in [0.25, 0.3) is 10.9 Å². The molecule has 264 valence electrons. The molecule has 0 radical (unpaired) electrons. The van der Waals surface area contributed by atoms with Gasteiger partial charge in [0.05, 0.1) is 6.42 Å². The summed E-state index contributed by atoms with van der Waals surface area (Å²) in [6.45, 7) is 11.4. The lowest BCUT2D eigenvalue weighted by Gasteiger charge is -2.61. The van der Waals surface area contributed by atoms with Crippen molar-refractivity contribution >= 4 is 28.9 Å². The molecule has 0 bridgehead atoms. The maximum Gasteiger partial charge on any atom is 0.407 e. The van der Waals surface area contributed by atoms with Gasteiger partial charge >= 0.3 is 12.1 Å². The van der Waals surface area contributed by atoms with E-state index >= 15 is 0 Å². The molecule has 48 heavy (non-hydrogen) atoms. The molecule has 6 rings (SSSR count). The molecule has 4 aliphatic rings. The van der Waals surface area contributed by atoms with Crippen molar-refractivity contribution in [2.45, 2.75) is 136 Å². The summed E-state index contributed by atoms with van der Waals surface area (Å²) >= 11 is 0. The van der Waals surface area contributed by atoms with E-state index in [0.29, 0.717) is 41.4 Å². The molecular formula is C40H59N3O5. The van der Waals surface area contributed by atoms with Crippen molar-refractivity contribution in [1.29, 1.82) is 0 Å². The predicted molar refractivity (Wildman–Crippen MR) is 188 cm³/mol. The summed E-state index contributed by atoms with van der Waals surface area (Å²) in [5, 5.41) is 16.6. The van der Waals surface area contributed by atoms with E-state index in [2.05, 4.69) is 36.4 Å². The van der Waals surface area contributed by atoms with Gasteiger partial charge in [0.25, 0.3) is 0 Å². The van der Waals surface area contributed by atoms with Crippen LogP contribution in [0.4, 0.5) is 4.79 Å². The Hall–Kier alpha value is -3.03. The molecule has 4 N–H and O–H groups in total. The van der Waals surface area contributed by atoms with Gasteiger partial charge in [-0.25, -0.2) is 4.79 Å². The number of aliphatic carboxylic acids is 1. The first kappa shape index (κ1) is 34.8. The van der Waals surface area contributed by atoms with Gasteiger partial charge in [-0.05, 0) is 142 Å². The molecule has 4 aliphatic carbocycles. The highest BCUT2D eigenvalue weighted by Gasteiger charge is 2.60. The second-order valence-electron chi connectivity index (χ2n) is 16.9. The standard InChI is InChI=1S/C40H59N3O5/c1-24(2)42-38(47)48-29-16-18-39(4)27(21-29)11-12-31-33-14-13-32(40(33,5)19-17-34(31)39)25(3)10-15-36(44)43-28(22-37(45)46)20-26-23-41-35-9-7-6-8-30(26)35/h6-9,23-25,27-29,31-34,41H,10-22H2,1-5H3,(H,42,47)(H,43,44)(H,45,46)/t25-,27-,28+,29-,31+,32-,33+,34+,39+,40-/m1/s1. The first-order valence-electron chi connectivity index (χ1n) is 18.9. The van der Waals surface area contributed by atoms with Gasteiger partial charge in [0.2, 0.25) is 5.91 Å². The number of rotatable bonds is 11. The van der Waals surface area contributed by atoms with Gasteiger partial charge in [0, 0.05) is 35.6 Å². The number of aromatic nitrogens is 1. The molecule has 0 unspecified atom stereocenters. The second-order valence-corrected chi connectivity index (χ2v) is 16.9. The molecule has 10 atom stereocenters. The quantitative estimate of drug-likeness (QED) is 0.193. The van der Waals surface area contributed by atoms with E-state index in [4.69, 9.17) is 4.74 Å². The molecular weight excluding hydrogens is 602 g/mol. The van der Waals surface area contributed by atoms with Crippen LogP contribution in [0.15, 0.2) is 30.5 Å². The highest BCUT2D eigenvalue weighted by atomic mass is 16.6. The predicted octanol–water partition coefficient (Wildman–Crippen LogP) is 8.25. The molecule has 0 aliphatic heterocycles. The number of aromatic amines is 1. The zero-order chi connectivity index (χ0) is 34.2. The van der Waals surface area contributed by atoms with Gasteiger partial charge in [-0.15, -0.1) is 0 Å². The maximum absolute atomic E-state index is 13.3. The van der Waals surface area contributed by atoms with Crippen molar-refractivity contribution in [1.82, 2.24) is 15.6 Å². The van der Waals surface area contributed by atoms with Crippen LogP contribution in [-0.4, -0.2) is 46.2 Å². The van der Waals surface area contributed by atoms with Crippen molar-refractivity contribution < 1.29 is 24.2 Å². The highest BCUT2D eigenvalue weighted by Crippen LogP contribution is 2.68. The fourth-order valence-corrected chi connectivity index (χ4v) is 11.5. The molecule has 2 amide bonds. The molecule has 4 fully saturated rings. The van der Waals surface area contributed by atoms with Crippen LogP contribution in [-0.2, 0) is 20.7 Å². The summed E-state index contributed by atoms with van der Waals surface area (Å²) in [6.07, 6.45) is 14.1. The minimum absolute atomic E-state index is 0.0362. The van der Waals surface area contributed by atoms with Gasteiger partial charge in [-0.2, -0.15) is 0 Å². The number of fused-ring (bicyclic) bond motifs is 6. The minimum Gasteiger partial charge on any atom is -0.481 e. The summed E-state index contributed by atoms with van der Waals surface area (Å²) in [4.78, 5) is 40.5. The number of carbonyl (C=O) groups excluding carboxylic acids is 2. The van der Waals surface area contributed by atoms with E-state index in [1.807, 2.05) is 44.3 Å². The normalized spacial score (nSPS) is 34.0. The van der Waals surface area contributed by atoms with E-state index in [1.165, 1.54) is 38.5 Å². The minimum atomic E-state index is -0.896. The molecule has 2 aromatic rings. The average molecular weight is 662 g/mol. The van der Waals surface area contributed by atoms with Crippen LogP contribution in [0.1, 0.15) is 117 Å². The Morgan fingerprint density at radius 3 is 2.48 bits per heavy atom. The van der Waals surface area contributed by atoms with E-state index in [9.17, 15) is 19.5 Å². The first-order valence-corrected chi connectivity index (χ1v) is 18.9. The lowest BCUT2D eigenvalue weighted by Crippen LogP contribution is -2.54. The second kappa shape index (κ2) is 14.1. The Balaban J connectivity index is 1.03. The molecule has 0 saturated heterocycles. The maximum atomic E-state index is 13.3. The Morgan fingerprint density at radius 1 is 0.958 bits per heavy atom. The smallest absolute Gasteiger partial charge is 0.407 e. The van der Waals surface area contributed by atoms with Gasteiger partial charge in [0.1, 0.15) is 6.10 Å². The number of hydrogen-bond acceptors (Lipinski definition) is 4. The van der Waals surface area contributed by atoms with Crippen molar-refractivity contribution in [3.8, 4) is 0 Å². The van der Waals surface area contributed by atoms with Gasteiger partial charge in [-0.1, -0.05) is 39.0 Å². The monoisotopic (exact) mass is 661 g/mol. The molecule has 1 aromatic carbocycles. The fourth-order valence-electron chi connectivity index (χ4n) is 11.5. The number of ether oxygens (including phenoxy) is 1. The van der Waals surface area contributed by atoms with Crippen LogP contribution in [0.3, 0.4) is 0 Å². The lowest BCUT2D eigenvalue weighted by molar-refractivity contribution is -0.137. The summed E-state index contributed by atoms with van der Waals surface area (Å²) < 4.78 is 5.87. The van der Waals surface area contributed by atoms with Crippen LogP contribution in [0.5, 0.6) is 0 Å². The van der Waals surface area contributed by atoms with E-state index in [0.717, 1.165) is 59.9 Å². The van der Waals surface area contributed by atoms with Crippen LogP contribution < -0.4 is 10.6 Å². The third kappa shape index (κ3) is 7.00. The summed E-state index contributed by atoms with van der Waals surface area (Å²) in [5.74, 6) is 3.03. The van der Waals surface area contributed by atoms with Crippen molar-refractivity contribution in [3.63, 3.8) is 0 Å². The number of carboxylic acids is 1. The number of hydrogen-bond donors (Lipinski definition) is 4. The lowest BCUT2D eigenvalue weighted by atomic mass is 9.44. The van der Waals surface area contributed by atoms with Gasteiger partial charge in [-0.3, -0.25) is 9.59 Å². The molecule has 4 saturated carbocycles. The number of carboxylic acid groups (broad SMARTS) is 1. The molecule has 8 heteroatoms. The Kier molecular flexibility index (Phi) is 10.2. The largest absolute Gasteiger partial charge is 0.481 e. The first-order chi connectivity index (χ1) is 22.9. The Labute approximate surface area is 286 Å². The molecule has 8 nitrogen and oxygen atoms in total. The van der Waals surface area contributed by atoms with Crippen molar-refractivity contribution in [2.24, 2.45) is 46.3 Å². The number of nitrogens with one attached hydrogen (secondary N) is 3. The van der Waals surface area contributed by atoms with Crippen LogP contribution >= 0.6 is 0 Å². The molecule has 1 aromatic heterocycles. The topological polar surface area (TPSA) is 121 Å². The average Bonchev–Trinajstić information content (AvgIpc) is 3.60. The SMILES string of the molecule is CC(C)NC(=O)O[C@@H]1CC[C@@]2(C)[C@H](CC[C@@H]3[C@@H]2CC[C@]2(C)[C@@H]([C@H](C)CCC(=O)N[C@H](CC(=O)O)Cc4c[nH]c5ccccc45)CC[C@@H]32)C1. The van der Waals surface area contributed by atoms with Gasteiger partial charge in [0.15, 0.2) is 0 Å². The number of benzene rings is 1. The zero-order valence-corrected chi connectivity index (χ0v) is 29.9. The van der Waals surface area contributed by atoms with E-state index in [1.54, 1.807) is 0 Å². The zero-order valence-electron chi connectivity index (χ0n) is 29.9. The van der Waals surface area contributed by atoms with Crippen LogP contribution in [0.2, 0.25) is 0 Å². The Bertz CT molecular complexity index is 1470. The molecule has 0 spiro atoms. The molecule has 1 heterocycles. The summed E-state index contributed by atoms with van der Waals surface area (Å²) in [7, 11) is 0. The fraction of sp³-hybridized carbons (Fsp3) is 0.725. The summed E-state index contributed by atoms with van der Waals surface area (Å²) in [6, 6.07) is 7.65. The number of alkyl carbamates (subject to hydrolysis) is 1. The number of amides is 2. The van der Waals surface area contributed by atoms with Gasteiger partial charge < -0.3 is 25.5 Å². The highest BCUT2D eigenvalue weighted by molar-refractivity contribution is 5.83. The van der Waals surface area contributed by atoms with E-state index in [-0.39, 0.29) is 30.6 Å². The third-order valence-electron chi connectivity index (χ3n) is 13.8. The van der Waals surface area contributed by atoms with Crippen molar-refractivity contribution in [2.75, 3.05) is 0 Å². The van der Waals surface area contributed by atoms with Crippen molar-refractivity contribution in [3.05, 3.63) is 36.0 Å². The Morgan fingerprint density at radius 2 is 1.71 bits per heavy atom. The number of H-pyrrole nitrogens is 1. The third-order valence-corrected chi connectivity index (χ3v) is 13.8. The summed E-state index contributed by atoms with van der Waals surface area (Å²) in [5.41, 5.74) is 2.70.